The van der Waals surface area contributed by atoms with E-state index in [2.05, 4.69) is 15.6 Å². The Bertz CT molecular complexity index is 810. The quantitative estimate of drug-likeness (QED) is 0.880. The van der Waals surface area contributed by atoms with Gasteiger partial charge in [0.2, 0.25) is 5.91 Å². The molecule has 0 atom stereocenters. The van der Waals surface area contributed by atoms with Crippen LogP contribution in [0.3, 0.4) is 0 Å². The lowest BCUT2D eigenvalue weighted by Crippen LogP contribution is -2.28. The summed E-state index contributed by atoms with van der Waals surface area (Å²) in [5.41, 5.74) is 3.14. The smallest absolute Gasteiger partial charge is 0.253 e. The minimum absolute atomic E-state index is 0.0775. The van der Waals surface area contributed by atoms with Gasteiger partial charge in [0, 0.05) is 35.6 Å². The second-order valence-electron chi connectivity index (χ2n) is 6.91. The SMILES string of the molecule is O=C(NC1CC1)c1cncc(-c2cccc(NC(=O)C3CCC3)c2)c1. The van der Waals surface area contributed by atoms with Crippen LogP contribution in [0.4, 0.5) is 5.69 Å². The summed E-state index contributed by atoms with van der Waals surface area (Å²) in [4.78, 5) is 28.5. The Hall–Kier alpha value is -2.69. The molecule has 2 aromatic rings. The van der Waals surface area contributed by atoms with E-state index in [9.17, 15) is 9.59 Å². The number of carbonyl (C=O) groups is 2. The molecule has 2 aliphatic carbocycles. The number of amides is 2. The van der Waals surface area contributed by atoms with Gasteiger partial charge in [0.05, 0.1) is 5.56 Å². The highest BCUT2D eigenvalue weighted by Gasteiger charge is 2.25. The summed E-state index contributed by atoms with van der Waals surface area (Å²) < 4.78 is 0. The van der Waals surface area contributed by atoms with Crippen LogP contribution in [0.2, 0.25) is 0 Å². The van der Waals surface area contributed by atoms with E-state index >= 15 is 0 Å². The number of nitrogens with one attached hydrogen (secondary N) is 2. The lowest BCUT2D eigenvalue weighted by molar-refractivity contribution is -0.122. The van der Waals surface area contributed by atoms with E-state index in [1.165, 1.54) is 0 Å². The molecular weight excluding hydrogens is 314 g/mol. The first-order chi connectivity index (χ1) is 12.2. The lowest BCUT2D eigenvalue weighted by Gasteiger charge is -2.24. The molecule has 1 aromatic carbocycles. The minimum atomic E-state index is -0.0775. The third-order valence-electron chi connectivity index (χ3n) is 4.85. The Labute approximate surface area is 146 Å². The Kier molecular flexibility index (Phi) is 4.22. The Balaban J connectivity index is 1.51. The average Bonchev–Trinajstić information content (AvgIpc) is 3.37. The molecule has 1 heterocycles. The largest absolute Gasteiger partial charge is 0.349 e. The molecule has 2 fully saturated rings. The van der Waals surface area contributed by atoms with E-state index in [-0.39, 0.29) is 17.7 Å². The molecule has 25 heavy (non-hydrogen) atoms. The molecule has 2 saturated carbocycles. The topological polar surface area (TPSA) is 71.1 Å². The van der Waals surface area contributed by atoms with Crippen molar-refractivity contribution in [3.05, 3.63) is 48.3 Å². The van der Waals surface area contributed by atoms with Crippen molar-refractivity contribution in [1.29, 1.82) is 0 Å². The number of aromatic nitrogens is 1. The van der Waals surface area contributed by atoms with E-state index in [4.69, 9.17) is 0 Å². The van der Waals surface area contributed by atoms with Crippen LogP contribution in [-0.2, 0) is 4.79 Å². The summed E-state index contributed by atoms with van der Waals surface area (Å²) in [5.74, 6) is 0.171. The van der Waals surface area contributed by atoms with Crippen molar-refractivity contribution >= 4 is 17.5 Å². The first-order valence-electron chi connectivity index (χ1n) is 8.86. The van der Waals surface area contributed by atoms with Crippen LogP contribution >= 0.6 is 0 Å². The molecule has 0 unspecified atom stereocenters. The Morgan fingerprint density at radius 2 is 1.84 bits per heavy atom. The zero-order valence-electron chi connectivity index (χ0n) is 14.0. The molecule has 2 N–H and O–H groups in total. The van der Waals surface area contributed by atoms with Gasteiger partial charge >= 0.3 is 0 Å². The molecule has 0 saturated heterocycles. The van der Waals surface area contributed by atoms with Crippen LogP contribution in [0.15, 0.2) is 42.7 Å². The molecule has 4 rings (SSSR count). The fourth-order valence-corrected chi connectivity index (χ4v) is 2.91. The van der Waals surface area contributed by atoms with Crippen LogP contribution < -0.4 is 10.6 Å². The monoisotopic (exact) mass is 335 g/mol. The van der Waals surface area contributed by atoms with Crippen LogP contribution in [0, 0.1) is 5.92 Å². The summed E-state index contributed by atoms with van der Waals surface area (Å²) in [7, 11) is 0. The molecule has 2 amide bonds. The predicted molar refractivity (Wildman–Crippen MR) is 96.1 cm³/mol. The van der Waals surface area contributed by atoms with Crippen molar-refractivity contribution in [3.8, 4) is 11.1 Å². The first-order valence-corrected chi connectivity index (χ1v) is 8.86. The number of rotatable bonds is 5. The van der Waals surface area contributed by atoms with Crippen molar-refractivity contribution < 1.29 is 9.59 Å². The van der Waals surface area contributed by atoms with Gasteiger partial charge < -0.3 is 10.6 Å². The maximum absolute atomic E-state index is 12.2. The Morgan fingerprint density at radius 3 is 2.56 bits per heavy atom. The number of pyridine rings is 1. The van der Waals surface area contributed by atoms with Crippen LogP contribution in [0.1, 0.15) is 42.5 Å². The fourth-order valence-electron chi connectivity index (χ4n) is 2.91. The maximum Gasteiger partial charge on any atom is 0.253 e. The van der Waals surface area contributed by atoms with Crippen molar-refractivity contribution in [2.45, 2.75) is 38.1 Å². The Morgan fingerprint density at radius 1 is 1.00 bits per heavy atom. The predicted octanol–water partition coefficient (Wildman–Crippen LogP) is 3.38. The van der Waals surface area contributed by atoms with Crippen LogP contribution in [0.5, 0.6) is 0 Å². The molecule has 2 aliphatic rings. The van der Waals surface area contributed by atoms with E-state index < -0.39 is 0 Å². The van der Waals surface area contributed by atoms with E-state index in [1.807, 2.05) is 30.3 Å². The van der Waals surface area contributed by atoms with Crippen LogP contribution in [-0.4, -0.2) is 22.8 Å². The summed E-state index contributed by atoms with van der Waals surface area (Å²) in [6.07, 6.45) is 8.54. The number of hydrogen-bond acceptors (Lipinski definition) is 3. The maximum atomic E-state index is 12.2. The third kappa shape index (κ3) is 3.71. The molecule has 0 bridgehead atoms. The molecule has 0 aliphatic heterocycles. The molecule has 5 heteroatoms. The second kappa shape index (κ2) is 6.67. The molecule has 1 aromatic heterocycles. The van der Waals surface area contributed by atoms with E-state index in [0.717, 1.165) is 48.9 Å². The first kappa shape index (κ1) is 15.8. The van der Waals surface area contributed by atoms with E-state index in [0.29, 0.717) is 11.6 Å². The van der Waals surface area contributed by atoms with Crippen molar-refractivity contribution in [3.63, 3.8) is 0 Å². The van der Waals surface area contributed by atoms with Gasteiger partial charge in [0.15, 0.2) is 0 Å². The van der Waals surface area contributed by atoms with Gasteiger partial charge in [-0.05, 0) is 49.4 Å². The lowest BCUT2D eigenvalue weighted by atomic mass is 9.85. The number of hydrogen-bond donors (Lipinski definition) is 2. The van der Waals surface area contributed by atoms with Crippen molar-refractivity contribution in [1.82, 2.24) is 10.3 Å². The molecule has 5 nitrogen and oxygen atoms in total. The molecular formula is C20H21N3O2. The summed E-state index contributed by atoms with van der Waals surface area (Å²) in [6, 6.07) is 9.84. The number of anilines is 1. The standard InChI is InChI=1S/C20H21N3O2/c24-19(13-3-1-4-13)23-18-6-2-5-14(10-18)15-9-16(12-21-11-15)20(25)22-17-7-8-17/h2,5-6,9-13,17H,1,3-4,7-8H2,(H,22,25)(H,23,24). The van der Waals surface area contributed by atoms with Crippen molar-refractivity contribution in [2.24, 2.45) is 5.92 Å². The van der Waals surface area contributed by atoms with Crippen LogP contribution in [0.25, 0.3) is 11.1 Å². The van der Waals surface area contributed by atoms with Gasteiger partial charge in [-0.25, -0.2) is 0 Å². The van der Waals surface area contributed by atoms with Gasteiger partial charge in [-0.1, -0.05) is 18.6 Å². The summed E-state index contributed by atoms with van der Waals surface area (Å²) in [6.45, 7) is 0. The van der Waals surface area contributed by atoms with Gasteiger partial charge in [-0.3, -0.25) is 14.6 Å². The number of nitrogens with zero attached hydrogens (tertiary/aromatic N) is 1. The third-order valence-corrected chi connectivity index (χ3v) is 4.85. The zero-order valence-corrected chi connectivity index (χ0v) is 14.0. The zero-order chi connectivity index (χ0) is 17.2. The fraction of sp³-hybridized carbons (Fsp3) is 0.350. The van der Waals surface area contributed by atoms with Gasteiger partial charge in [-0.2, -0.15) is 0 Å². The van der Waals surface area contributed by atoms with Crippen molar-refractivity contribution in [2.75, 3.05) is 5.32 Å². The normalized spacial score (nSPS) is 16.8. The van der Waals surface area contributed by atoms with E-state index in [1.54, 1.807) is 12.4 Å². The second-order valence-corrected chi connectivity index (χ2v) is 6.91. The summed E-state index contributed by atoms with van der Waals surface area (Å²) >= 11 is 0. The highest BCUT2D eigenvalue weighted by molar-refractivity contribution is 5.96. The average molecular weight is 335 g/mol. The van der Waals surface area contributed by atoms with Gasteiger partial charge in [0.25, 0.3) is 5.91 Å². The highest BCUT2D eigenvalue weighted by Crippen LogP contribution is 2.29. The highest BCUT2D eigenvalue weighted by atomic mass is 16.2. The number of carbonyl (C=O) groups excluding carboxylic acids is 2. The molecule has 0 spiro atoms. The minimum Gasteiger partial charge on any atom is -0.349 e. The van der Waals surface area contributed by atoms with Gasteiger partial charge in [-0.15, -0.1) is 0 Å². The summed E-state index contributed by atoms with van der Waals surface area (Å²) in [5, 5.41) is 5.96. The van der Waals surface area contributed by atoms with Gasteiger partial charge in [0.1, 0.15) is 0 Å². The molecule has 0 radical (unpaired) electrons. The number of benzene rings is 1. The molecule has 128 valence electrons.